The molecule has 0 radical (unpaired) electrons. The van der Waals surface area contributed by atoms with E-state index in [1.165, 1.54) is 12.1 Å². The van der Waals surface area contributed by atoms with Gasteiger partial charge in [0.05, 0.1) is 0 Å². The molecule has 2 aliphatic heterocycles. The Morgan fingerprint density at radius 3 is 2.44 bits per heavy atom. The molecule has 2 amide bonds. The van der Waals surface area contributed by atoms with Gasteiger partial charge in [-0.05, 0) is 37.1 Å². The first-order valence-corrected chi connectivity index (χ1v) is 9.08. The van der Waals surface area contributed by atoms with Crippen LogP contribution in [-0.4, -0.2) is 61.4 Å². The van der Waals surface area contributed by atoms with Crippen molar-refractivity contribution in [3.05, 3.63) is 30.1 Å². The molecule has 0 spiro atoms. The van der Waals surface area contributed by atoms with Gasteiger partial charge < -0.3 is 14.7 Å². The monoisotopic (exact) mass is 347 g/mol. The lowest BCUT2D eigenvalue weighted by molar-refractivity contribution is -0.140. The molecule has 2 aliphatic rings. The van der Waals surface area contributed by atoms with Crippen molar-refractivity contribution < 1.29 is 14.0 Å². The van der Waals surface area contributed by atoms with Crippen molar-refractivity contribution in [1.82, 2.24) is 9.80 Å². The summed E-state index contributed by atoms with van der Waals surface area (Å²) in [5, 5.41) is 0. The Hall–Kier alpha value is -2.11. The van der Waals surface area contributed by atoms with Crippen molar-refractivity contribution in [2.24, 2.45) is 5.92 Å². The van der Waals surface area contributed by atoms with E-state index in [9.17, 15) is 14.0 Å². The van der Waals surface area contributed by atoms with Crippen molar-refractivity contribution in [2.45, 2.75) is 25.7 Å². The van der Waals surface area contributed by atoms with E-state index in [4.69, 9.17) is 0 Å². The predicted molar refractivity (Wildman–Crippen MR) is 94.8 cm³/mol. The molecular formula is C19H26FN3O2. The minimum Gasteiger partial charge on any atom is -0.368 e. The summed E-state index contributed by atoms with van der Waals surface area (Å²) in [6.07, 6.45) is 3.15. The molecule has 0 bridgehead atoms. The maximum Gasteiger partial charge on any atom is 0.225 e. The SMILES string of the molecule is CN1CCCCC(CC(=O)N2CCN(c3ccc(F)cc3)CC2)C1=O. The highest BCUT2D eigenvalue weighted by molar-refractivity contribution is 5.86. The van der Waals surface area contributed by atoms with Crippen molar-refractivity contribution in [3.8, 4) is 0 Å². The molecule has 136 valence electrons. The van der Waals surface area contributed by atoms with Crippen LogP contribution in [0.1, 0.15) is 25.7 Å². The first kappa shape index (κ1) is 17.7. The van der Waals surface area contributed by atoms with Crippen LogP contribution in [0.3, 0.4) is 0 Å². The number of carbonyl (C=O) groups is 2. The van der Waals surface area contributed by atoms with Crippen LogP contribution in [0.5, 0.6) is 0 Å². The van der Waals surface area contributed by atoms with Gasteiger partial charge in [0.1, 0.15) is 5.82 Å². The lowest BCUT2D eigenvalue weighted by atomic mass is 9.97. The number of rotatable bonds is 3. The Morgan fingerprint density at radius 1 is 1.08 bits per heavy atom. The minimum absolute atomic E-state index is 0.0763. The van der Waals surface area contributed by atoms with Gasteiger partial charge in [0, 0.05) is 57.8 Å². The summed E-state index contributed by atoms with van der Waals surface area (Å²) < 4.78 is 13.0. The number of hydrogen-bond donors (Lipinski definition) is 0. The molecular weight excluding hydrogens is 321 g/mol. The smallest absolute Gasteiger partial charge is 0.225 e. The average molecular weight is 347 g/mol. The Labute approximate surface area is 148 Å². The fraction of sp³-hybridized carbons (Fsp3) is 0.579. The number of benzene rings is 1. The Bertz CT molecular complexity index is 612. The van der Waals surface area contributed by atoms with Gasteiger partial charge in [-0.1, -0.05) is 6.42 Å². The largest absolute Gasteiger partial charge is 0.368 e. The summed E-state index contributed by atoms with van der Waals surface area (Å²) in [4.78, 5) is 30.7. The van der Waals surface area contributed by atoms with Gasteiger partial charge in [-0.25, -0.2) is 4.39 Å². The Morgan fingerprint density at radius 2 is 1.76 bits per heavy atom. The molecule has 2 heterocycles. The van der Waals surface area contributed by atoms with E-state index in [-0.39, 0.29) is 23.5 Å². The van der Waals surface area contributed by atoms with Gasteiger partial charge in [0.2, 0.25) is 11.8 Å². The number of nitrogens with zero attached hydrogens (tertiary/aromatic N) is 3. The van der Waals surface area contributed by atoms with Crippen molar-refractivity contribution in [3.63, 3.8) is 0 Å². The number of amides is 2. The van der Waals surface area contributed by atoms with E-state index in [0.29, 0.717) is 19.5 Å². The summed E-state index contributed by atoms with van der Waals surface area (Å²) in [7, 11) is 1.83. The molecule has 0 aliphatic carbocycles. The molecule has 0 N–H and O–H groups in total. The summed E-state index contributed by atoms with van der Waals surface area (Å²) in [5.74, 6) is -0.228. The molecule has 0 aromatic heterocycles. The average Bonchev–Trinajstić information content (AvgIpc) is 2.78. The number of halogens is 1. The topological polar surface area (TPSA) is 43.9 Å². The second kappa shape index (κ2) is 7.85. The molecule has 25 heavy (non-hydrogen) atoms. The summed E-state index contributed by atoms with van der Waals surface area (Å²) in [6.45, 7) is 3.55. The maximum absolute atomic E-state index is 13.0. The minimum atomic E-state index is -0.240. The first-order chi connectivity index (χ1) is 12.0. The van der Waals surface area contributed by atoms with Gasteiger partial charge in [-0.2, -0.15) is 0 Å². The molecule has 1 aromatic carbocycles. The van der Waals surface area contributed by atoms with Gasteiger partial charge in [-0.15, -0.1) is 0 Å². The highest BCUT2D eigenvalue weighted by atomic mass is 19.1. The number of likely N-dealkylation sites (tertiary alicyclic amines) is 1. The highest BCUT2D eigenvalue weighted by Gasteiger charge is 2.29. The van der Waals surface area contributed by atoms with Crippen LogP contribution in [0.4, 0.5) is 10.1 Å². The summed E-state index contributed by atoms with van der Waals surface area (Å²) in [6, 6.07) is 6.46. The summed E-state index contributed by atoms with van der Waals surface area (Å²) in [5.41, 5.74) is 0.981. The zero-order valence-corrected chi connectivity index (χ0v) is 14.8. The van der Waals surface area contributed by atoms with E-state index < -0.39 is 0 Å². The third kappa shape index (κ3) is 4.30. The molecule has 3 rings (SSSR count). The van der Waals surface area contributed by atoms with Gasteiger partial charge in [0.25, 0.3) is 0 Å². The Balaban J connectivity index is 1.52. The van der Waals surface area contributed by atoms with Crippen LogP contribution in [-0.2, 0) is 9.59 Å². The quantitative estimate of drug-likeness (QED) is 0.841. The predicted octanol–water partition coefficient (Wildman–Crippen LogP) is 2.12. The number of carbonyl (C=O) groups excluding carboxylic acids is 2. The van der Waals surface area contributed by atoms with Crippen LogP contribution in [0.15, 0.2) is 24.3 Å². The van der Waals surface area contributed by atoms with Crippen molar-refractivity contribution in [1.29, 1.82) is 0 Å². The number of piperazine rings is 1. The van der Waals surface area contributed by atoms with E-state index in [2.05, 4.69) is 4.90 Å². The van der Waals surface area contributed by atoms with E-state index in [1.807, 2.05) is 11.9 Å². The van der Waals surface area contributed by atoms with Crippen molar-refractivity contribution in [2.75, 3.05) is 44.7 Å². The first-order valence-electron chi connectivity index (χ1n) is 9.08. The van der Waals surface area contributed by atoms with E-state index in [0.717, 1.165) is 44.6 Å². The fourth-order valence-electron chi connectivity index (χ4n) is 3.68. The lowest BCUT2D eigenvalue weighted by Crippen LogP contribution is -2.49. The van der Waals surface area contributed by atoms with Gasteiger partial charge in [0.15, 0.2) is 0 Å². The Kier molecular flexibility index (Phi) is 5.56. The van der Waals surface area contributed by atoms with Gasteiger partial charge >= 0.3 is 0 Å². The lowest BCUT2D eigenvalue weighted by Gasteiger charge is -2.36. The molecule has 0 saturated carbocycles. The molecule has 1 atom stereocenters. The number of hydrogen-bond acceptors (Lipinski definition) is 3. The second-order valence-electron chi connectivity index (χ2n) is 7.00. The summed E-state index contributed by atoms with van der Waals surface area (Å²) >= 11 is 0. The number of anilines is 1. The normalized spacial score (nSPS) is 22.1. The molecule has 5 nitrogen and oxygen atoms in total. The van der Waals surface area contributed by atoms with Crippen molar-refractivity contribution >= 4 is 17.5 Å². The van der Waals surface area contributed by atoms with E-state index >= 15 is 0 Å². The van der Waals surface area contributed by atoms with Gasteiger partial charge in [-0.3, -0.25) is 9.59 Å². The molecule has 2 saturated heterocycles. The van der Waals surface area contributed by atoms with Crippen LogP contribution < -0.4 is 4.90 Å². The van der Waals surface area contributed by atoms with Crippen LogP contribution in [0, 0.1) is 11.7 Å². The third-order valence-electron chi connectivity index (χ3n) is 5.27. The van der Waals surface area contributed by atoms with Crippen LogP contribution in [0.2, 0.25) is 0 Å². The molecule has 6 heteroatoms. The fourth-order valence-corrected chi connectivity index (χ4v) is 3.68. The van der Waals surface area contributed by atoms with E-state index in [1.54, 1.807) is 17.0 Å². The standard InChI is InChI=1S/C19H26FN3O2/c1-21-9-3-2-4-15(19(21)25)14-18(24)23-12-10-22(11-13-23)17-7-5-16(20)6-8-17/h5-8,15H,2-4,9-14H2,1H3. The molecule has 1 unspecified atom stereocenters. The zero-order chi connectivity index (χ0) is 17.8. The molecule has 1 aromatic rings. The second-order valence-corrected chi connectivity index (χ2v) is 7.00. The highest BCUT2D eigenvalue weighted by Crippen LogP contribution is 2.22. The van der Waals surface area contributed by atoms with Crippen LogP contribution in [0.25, 0.3) is 0 Å². The van der Waals surface area contributed by atoms with Crippen LogP contribution >= 0.6 is 0 Å². The third-order valence-corrected chi connectivity index (χ3v) is 5.27. The maximum atomic E-state index is 13.0. The zero-order valence-electron chi connectivity index (χ0n) is 14.8. The molecule has 2 fully saturated rings.